The molecule has 5 rings (SSSR count). The van der Waals surface area contributed by atoms with E-state index in [2.05, 4.69) is 11.9 Å². The number of rotatable bonds is 16. The molecule has 7 atom stereocenters. The van der Waals surface area contributed by atoms with Gasteiger partial charge in [0.15, 0.2) is 5.78 Å². The van der Waals surface area contributed by atoms with Crippen molar-refractivity contribution in [3.63, 3.8) is 0 Å². The first-order valence-corrected chi connectivity index (χ1v) is 20.0. The van der Waals surface area contributed by atoms with E-state index in [9.17, 15) is 23.1 Å². The van der Waals surface area contributed by atoms with Gasteiger partial charge in [0.25, 0.3) is 0 Å². The highest BCUT2D eigenvalue weighted by Crippen LogP contribution is 2.72. The van der Waals surface area contributed by atoms with E-state index in [1.165, 1.54) is 58.3 Å². The second kappa shape index (κ2) is 15.1. The number of aromatic nitrogens is 1. The molecule has 0 aliphatic heterocycles. The van der Waals surface area contributed by atoms with Gasteiger partial charge in [0.2, 0.25) is 0 Å². The molecular formula is C37H54F5NO2S2. The zero-order valence-electron chi connectivity index (χ0n) is 28.2. The summed E-state index contributed by atoms with van der Waals surface area (Å²) in [5.74, 6) is -4.02. The van der Waals surface area contributed by atoms with Gasteiger partial charge in [0, 0.05) is 29.2 Å². The van der Waals surface area contributed by atoms with Crippen LogP contribution in [0.4, 0.5) is 22.0 Å². The van der Waals surface area contributed by atoms with Crippen LogP contribution < -0.4 is 0 Å². The third-order valence-corrected chi connectivity index (χ3v) is 15.1. The molecule has 3 fully saturated rings. The fourth-order valence-electron chi connectivity index (χ4n) is 10.3. The lowest BCUT2D eigenvalue weighted by Gasteiger charge is -2.62. The molecule has 4 aliphatic carbocycles. The summed E-state index contributed by atoms with van der Waals surface area (Å²) in [6, 6.07) is 0. The highest BCUT2D eigenvalue weighted by Gasteiger charge is 2.79. The summed E-state index contributed by atoms with van der Waals surface area (Å²) in [5, 5.41) is 13.3. The van der Waals surface area contributed by atoms with Crippen molar-refractivity contribution in [2.45, 2.75) is 158 Å². The number of ketones is 1. The summed E-state index contributed by atoms with van der Waals surface area (Å²) < 4.78 is 72.3. The zero-order valence-corrected chi connectivity index (χ0v) is 29.8. The molecule has 1 heterocycles. The minimum Gasteiger partial charge on any atom is -0.383 e. The highest BCUT2D eigenvalue weighted by molar-refractivity contribution is 8.00. The normalized spacial score (nSPS) is 34.1. The summed E-state index contributed by atoms with van der Waals surface area (Å²) in [7, 11) is 0. The first-order valence-electron chi connectivity index (χ1n) is 18.2. The van der Waals surface area contributed by atoms with Crippen molar-refractivity contribution in [2.24, 2.45) is 34.5 Å². The van der Waals surface area contributed by atoms with E-state index in [1.807, 2.05) is 29.4 Å². The molecule has 0 amide bonds. The van der Waals surface area contributed by atoms with Crippen LogP contribution in [0.15, 0.2) is 27.6 Å². The number of unbranched alkanes of at least 4 members (excludes halogenated alkanes) is 10. The quantitative estimate of drug-likeness (QED) is 0.106. The van der Waals surface area contributed by atoms with Gasteiger partial charge in [0.1, 0.15) is 9.94 Å². The molecule has 47 heavy (non-hydrogen) atoms. The molecule has 10 heteroatoms. The van der Waals surface area contributed by atoms with Gasteiger partial charge in [-0.2, -0.15) is 22.0 Å². The van der Waals surface area contributed by atoms with Gasteiger partial charge in [0.05, 0.1) is 0 Å². The molecule has 1 N–H and O–H groups in total. The molecule has 3 nitrogen and oxygen atoms in total. The van der Waals surface area contributed by atoms with E-state index >= 15 is 8.78 Å². The maximum Gasteiger partial charge on any atom is 0.456 e. The Morgan fingerprint density at radius 1 is 0.894 bits per heavy atom. The topological polar surface area (TPSA) is 50.2 Å². The Morgan fingerprint density at radius 2 is 1.51 bits per heavy atom. The maximum atomic E-state index is 15.0. The van der Waals surface area contributed by atoms with Gasteiger partial charge in [-0.25, -0.2) is 4.98 Å². The van der Waals surface area contributed by atoms with Crippen LogP contribution in [0.25, 0.3) is 0 Å². The number of allylic oxidation sites excluding steroid dienone is 1. The molecule has 0 saturated heterocycles. The summed E-state index contributed by atoms with van der Waals surface area (Å²) >= 11 is 3.55. The number of hydrogen-bond acceptors (Lipinski definition) is 5. The minimum atomic E-state index is -5.80. The predicted octanol–water partition coefficient (Wildman–Crippen LogP) is 11.6. The molecule has 4 aliphatic rings. The van der Waals surface area contributed by atoms with Crippen molar-refractivity contribution < 1.29 is 31.9 Å². The monoisotopic (exact) mass is 703 g/mol. The Hall–Kier alpha value is -1.00. The molecule has 2 unspecified atom stereocenters. The smallest absolute Gasteiger partial charge is 0.383 e. The first-order chi connectivity index (χ1) is 22.2. The highest BCUT2D eigenvalue weighted by atomic mass is 32.2. The van der Waals surface area contributed by atoms with Crippen molar-refractivity contribution >= 4 is 28.9 Å². The van der Waals surface area contributed by atoms with E-state index in [1.54, 1.807) is 11.3 Å². The van der Waals surface area contributed by atoms with Crippen LogP contribution in [0.3, 0.4) is 0 Å². The van der Waals surface area contributed by atoms with E-state index in [4.69, 9.17) is 0 Å². The molecular weight excluding hydrogens is 650 g/mol. The Kier molecular flexibility index (Phi) is 12.0. The summed E-state index contributed by atoms with van der Waals surface area (Å²) in [6.07, 6.45) is 14.2. The molecule has 0 radical (unpaired) electrons. The van der Waals surface area contributed by atoms with Crippen LogP contribution >= 0.6 is 23.1 Å². The van der Waals surface area contributed by atoms with Crippen LogP contribution in [-0.2, 0) is 4.79 Å². The van der Waals surface area contributed by atoms with Gasteiger partial charge in [-0.1, -0.05) is 95.4 Å². The Balaban J connectivity index is 1.11. The summed E-state index contributed by atoms with van der Waals surface area (Å²) in [6.45, 7) is 3.70. The van der Waals surface area contributed by atoms with E-state index in [0.717, 1.165) is 41.3 Å². The van der Waals surface area contributed by atoms with Crippen LogP contribution in [0.2, 0.25) is 0 Å². The molecule has 0 spiro atoms. The number of thioether (sulfide) groups is 1. The molecule has 1 aromatic rings. The van der Waals surface area contributed by atoms with Crippen molar-refractivity contribution in [2.75, 3.05) is 5.75 Å². The van der Waals surface area contributed by atoms with Crippen molar-refractivity contribution in [1.29, 1.82) is 0 Å². The Morgan fingerprint density at radius 3 is 2.13 bits per heavy atom. The first kappa shape index (κ1) is 37.3. The van der Waals surface area contributed by atoms with Crippen molar-refractivity contribution in [3.8, 4) is 0 Å². The lowest BCUT2D eigenvalue weighted by atomic mass is 9.43. The predicted molar refractivity (Wildman–Crippen MR) is 180 cm³/mol. The van der Waals surface area contributed by atoms with Gasteiger partial charge in [-0.3, -0.25) is 4.79 Å². The average molecular weight is 704 g/mol. The third kappa shape index (κ3) is 7.41. The van der Waals surface area contributed by atoms with E-state index in [-0.39, 0.29) is 41.8 Å². The van der Waals surface area contributed by atoms with Crippen LogP contribution in [0.5, 0.6) is 0 Å². The molecule has 1 aromatic heterocycles. The number of aliphatic hydroxyl groups is 1. The Labute approximate surface area is 286 Å². The number of alkyl halides is 5. The SMILES string of the molecule is C[C@]12CCC(=O)C=C1CC(CCCCCCCCCCCCCSc1nccs1)[C@@H]1[C@H]2CC[C@@]2(C)[C@H]1CCC2(O)C(F)(F)C(F)(F)F. The standard InChI is InChI=1S/C37H54F5NO2S2/c1-33-18-15-28(44)25-27(33)24-26(14-12-10-8-6-4-3-5-7-9-11-13-22-46-32-43-21-23-47-32)31-29(33)16-19-34(2)30(31)17-20-35(34,45)36(38,39)37(40,41)42/h21,23,25-26,29-31,45H,3-20,22,24H2,1-2H3/t26?,29-,30+,31-,33+,34+,35?/m1/s1. The van der Waals surface area contributed by atoms with Crippen LogP contribution in [0.1, 0.15) is 136 Å². The lowest BCUT2D eigenvalue weighted by Crippen LogP contribution is -2.66. The largest absolute Gasteiger partial charge is 0.456 e. The van der Waals surface area contributed by atoms with Gasteiger partial charge in [-0.15, -0.1) is 11.3 Å². The second-order valence-corrected chi connectivity index (χ2v) is 17.8. The average Bonchev–Trinajstić information content (AvgIpc) is 3.63. The number of hydrogen-bond donors (Lipinski definition) is 1. The van der Waals surface area contributed by atoms with Crippen molar-refractivity contribution in [3.05, 3.63) is 23.2 Å². The number of carbonyl (C=O) groups excluding carboxylic acids is 1. The minimum absolute atomic E-state index is 0.0203. The summed E-state index contributed by atoms with van der Waals surface area (Å²) in [4.78, 5) is 16.8. The van der Waals surface area contributed by atoms with Crippen LogP contribution in [0, 0.1) is 34.5 Å². The molecule has 266 valence electrons. The number of fused-ring (bicyclic) bond motifs is 5. The van der Waals surface area contributed by atoms with E-state index < -0.39 is 35.5 Å². The van der Waals surface area contributed by atoms with E-state index in [0.29, 0.717) is 25.7 Å². The third-order valence-electron chi connectivity index (χ3n) is 13.0. The lowest BCUT2D eigenvalue weighted by molar-refractivity contribution is -0.364. The summed E-state index contributed by atoms with van der Waals surface area (Å²) in [5.41, 5.74) is -3.67. The molecule has 0 bridgehead atoms. The Bertz CT molecular complexity index is 1220. The fraction of sp³-hybridized carbons (Fsp3) is 0.838. The number of nitrogens with zero attached hydrogens (tertiary/aromatic N) is 1. The van der Waals surface area contributed by atoms with Crippen molar-refractivity contribution in [1.82, 2.24) is 4.98 Å². The second-order valence-electron chi connectivity index (χ2n) is 15.6. The molecule has 0 aromatic carbocycles. The number of thiazole rings is 1. The van der Waals surface area contributed by atoms with Gasteiger partial charge < -0.3 is 5.11 Å². The maximum absolute atomic E-state index is 15.0. The van der Waals surface area contributed by atoms with Crippen LogP contribution in [-0.4, -0.2) is 39.3 Å². The fourth-order valence-corrected chi connectivity index (χ4v) is 12.0. The number of halogens is 5. The van der Waals surface area contributed by atoms with Gasteiger partial charge >= 0.3 is 12.1 Å². The zero-order chi connectivity index (χ0) is 33.9. The number of carbonyl (C=O) groups is 1. The molecule has 3 saturated carbocycles. The van der Waals surface area contributed by atoms with Gasteiger partial charge in [-0.05, 0) is 86.5 Å².